The Labute approximate surface area is 160 Å². The van der Waals surface area contributed by atoms with E-state index in [-0.39, 0.29) is 51.7 Å². The lowest BCUT2D eigenvalue weighted by atomic mass is 10.3. The Hall–Kier alpha value is 0.560. The summed E-state index contributed by atoms with van der Waals surface area (Å²) in [6, 6.07) is 2.77. The number of hydrogen-bond donors (Lipinski definition) is 0. The highest BCUT2D eigenvalue weighted by Crippen LogP contribution is 2.48. The third-order valence-corrected chi connectivity index (χ3v) is 5.63. The Balaban J connectivity index is 2.59. The van der Waals surface area contributed by atoms with E-state index in [2.05, 4.69) is 0 Å². The molecule has 0 aliphatic heterocycles. The number of benzene rings is 2. The fourth-order valence-electron chi connectivity index (χ4n) is 1.38. The molecule has 0 aliphatic rings. The first-order chi connectivity index (χ1) is 9.73. The van der Waals surface area contributed by atoms with Crippen LogP contribution in [0.3, 0.4) is 0 Å². The van der Waals surface area contributed by atoms with Gasteiger partial charge >= 0.3 is 0 Å². The number of ether oxygens (including phenoxy) is 1. The van der Waals surface area contributed by atoms with Gasteiger partial charge in [-0.05, 0) is 6.07 Å². The molecule has 0 unspecified atom stereocenters. The van der Waals surface area contributed by atoms with E-state index in [4.69, 9.17) is 97.5 Å². The van der Waals surface area contributed by atoms with Crippen molar-refractivity contribution in [1.29, 1.82) is 0 Å². The summed E-state index contributed by atoms with van der Waals surface area (Å²) in [5.41, 5.74) is 0. The van der Waals surface area contributed by atoms with Crippen molar-refractivity contribution in [3.05, 3.63) is 52.3 Å². The Bertz CT molecular complexity index is 702. The van der Waals surface area contributed by atoms with Gasteiger partial charge in [0.25, 0.3) is 0 Å². The third kappa shape index (κ3) is 3.57. The summed E-state index contributed by atoms with van der Waals surface area (Å²) in [4.78, 5) is 0. The molecule has 2 aromatic carbocycles. The van der Waals surface area contributed by atoms with Gasteiger partial charge in [0.1, 0.15) is 20.8 Å². The maximum atomic E-state index is 6.05. The van der Waals surface area contributed by atoms with Gasteiger partial charge in [0.15, 0.2) is 5.75 Å². The van der Waals surface area contributed by atoms with Crippen LogP contribution in [-0.4, -0.2) is 0 Å². The zero-order valence-electron chi connectivity index (χ0n) is 9.59. The molecule has 1 nitrogen and oxygen atoms in total. The monoisotopic (exact) mass is 442 g/mol. The second-order valence-corrected chi connectivity index (χ2v) is 6.81. The van der Waals surface area contributed by atoms with Gasteiger partial charge in [0, 0.05) is 6.07 Å². The van der Waals surface area contributed by atoms with Crippen LogP contribution in [0.15, 0.2) is 12.1 Å². The molecule has 0 spiro atoms. The van der Waals surface area contributed by atoms with Crippen LogP contribution in [0, 0.1) is 0 Å². The lowest BCUT2D eigenvalue weighted by Crippen LogP contribution is -1.91. The van der Waals surface area contributed by atoms with Crippen LogP contribution in [0.2, 0.25) is 40.2 Å². The van der Waals surface area contributed by atoms with Gasteiger partial charge < -0.3 is 4.74 Å². The molecule has 0 aromatic heterocycles. The van der Waals surface area contributed by atoms with Gasteiger partial charge in [-0.3, -0.25) is 0 Å². The molecule has 21 heavy (non-hydrogen) atoms. The van der Waals surface area contributed by atoms with E-state index >= 15 is 0 Å². The highest BCUT2D eigenvalue weighted by molar-refractivity contribution is 6.52. The van der Waals surface area contributed by atoms with Crippen LogP contribution in [0.5, 0.6) is 11.5 Å². The van der Waals surface area contributed by atoms with Crippen molar-refractivity contribution in [2.24, 2.45) is 0 Å². The van der Waals surface area contributed by atoms with Crippen molar-refractivity contribution in [1.82, 2.24) is 0 Å². The van der Waals surface area contributed by atoms with Gasteiger partial charge in [-0.15, -0.1) is 0 Å². The van der Waals surface area contributed by atoms with Crippen LogP contribution in [-0.2, 0) is 0 Å². The topological polar surface area (TPSA) is 9.23 Å². The lowest BCUT2D eigenvalue weighted by Gasteiger charge is -2.14. The fraction of sp³-hybridized carbons (Fsp3) is 0. The molecule has 0 N–H and O–H groups in total. The van der Waals surface area contributed by atoms with Gasteiger partial charge in [0.2, 0.25) is 0 Å². The van der Waals surface area contributed by atoms with Crippen LogP contribution < -0.4 is 4.74 Å². The Morgan fingerprint density at radius 3 is 1.52 bits per heavy atom. The summed E-state index contributed by atoms with van der Waals surface area (Å²) >= 11 is 47.7. The maximum absolute atomic E-state index is 6.05. The van der Waals surface area contributed by atoms with Gasteiger partial charge in [0.05, 0.1) is 25.1 Å². The average Bonchev–Trinajstić information content (AvgIpc) is 2.44. The molecular weight excluding hydrogens is 444 g/mol. The molecule has 0 bridgehead atoms. The largest absolute Gasteiger partial charge is 0.452 e. The van der Waals surface area contributed by atoms with E-state index in [0.29, 0.717) is 0 Å². The van der Waals surface area contributed by atoms with Crippen molar-refractivity contribution in [2.75, 3.05) is 0 Å². The predicted molar refractivity (Wildman–Crippen MR) is 93.0 cm³/mol. The second-order valence-electron chi connectivity index (χ2n) is 3.70. The minimum atomic E-state index is 0.0344. The minimum absolute atomic E-state index is 0.0344. The molecule has 0 saturated heterocycles. The Morgan fingerprint density at radius 2 is 1.00 bits per heavy atom. The molecule has 0 amide bonds. The number of halogens is 8. The standard InChI is InChI=1S/C12H2Cl8O/c13-3-1-4(14)9(18)12(8(3)17)21-6-2-5(15)7(16)11(20)10(6)19/h1-2H. The van der Waals surface area contributed by atoms with E-state index in [1.54, 1.807) is 0 Å². The highest BCUT2D eigenvalue weighted by Gasteiger charge is 2.20. The first kappa shape index (κ1) is 17.9. The van der Waals surface area contributed by atoms with Crippen molar-refractivity contribution in [3.63, 3.8) is 0 Å². The zero-order chi connectivity index (χ0) is 15.9. The summed E-state index contributed by atoms with van der Waals surface area (Å²) in [6.07, 6.45) is 0. The van der Waals surface area contributed by atoms with Crippen molar-refractivity contribution in [3.8, 4) is 11.5 Å². The minimum Gasteiger partial charge on any atom is -0.452 e. The molecule has 9 heteroatoms. The zero-order valence-corrected chi connectivity index (χ0v) is 15.6. The summed E-state index contributed by atoms with van der Waals surface area (Å²) in [7, 11) is 0. The smallest absolute Gasteiger partial charge is 0.167 e. The molecule has 0 fully saturated rings. The van der Waals surface area contributed by atoms with Gasteiger partial charge in [-0.2, -0.15) is 0 Å². The summed E-state index contributed by atoms with van der Waals surface area (Å²) in [5.74, 6) is 0.144. The van der Waals surface area contributed by atoms with E-state index in [0.717, 1.165) is 0 Å². The molecule has 0 saturated carbocycles. The number of rotatable bonds is 2. The quantitative estimate of drug-likeness (QED) is 0.332. The number of hydrogen-bond acceptors (Lipinski definition) is 1. The van der Waals surface area contributed by atoms with Crippen molar-refractivity contribution in [2.45, 2.75) is 0 Å². The van der Waals surface area contributed by atoms with E-state index in [9.17, 15) is 0 Å². The molecule has 0 radical (unpaired) electrons. The molecule has 2 rings (SSSR count). The van der Waals surface area contributed by atoms with Gasteiger partial charge in [-0.25, -0.2) is 0 Å². The summed E-state index contributed by atoms with van der Waals surface area (Å²) in [5, 5.41) is 0.842. The van der Waals surface area contributed by atoms with Crippen molar-refractivity contribution >= 4 is 92.8 Å². The predicted octanol–water partition coefficient (Wildman–Crippen LogP) is 8.71. The Kier molecular flexibility index (Phi) is 5.96. The van der Waals surface area contributed by atoms with Crippen LogP contribution in [0.25, 0.3) is 0 Å². The van der Waals surface area contributed by atoms with Crippen LogP contribution in [0.4, 0.5) is 0 Å². The first-order valence-electron chi connectivity index (χ1n) is 5.07. The molecule has 0 heterocycles. The molecular formula is C12H2Cl8O. The second kappa shape index (κ2) is 6.98. The SMILES string of the molecule is Clc1cc(Oc2c(Cl)c(Cl)cc(Cl)c2Cl)c(Cl)c(Cl)c1Cl. The lowest BCUT2D eigenvalue weighted by molar-refractivity contribution is 0.483. The third-order valence-electron chi connectivity index (χ3n) is 2.35. The fourth-order valence-corrected chi connectivity index (χ4v) is 3.07. The van der Waals surface area contributed by atoms with Crippen LogP contribution in [0.1, 0.15) is 0 Å². The Morgan fingerprint density at radius 1 is 0.524 bits per heavy atom. The van der Waals surface area contributed by atoms with E-state index in [1.165, 1.54) is 12.1 Å². The average molecular weight is 446 g/mol. The van der Waals surface area contributed by atoms with Crippen LogP contribution >= 0.6 is 92.8 Å². The summed E-state index contributed by atoms with van der Waals surface area (Å²) < 4.78 is 5.56. The molecule has 0 atom stereocenters. The van der Waals surface area contributed by atoms with E-state index in [1.807, 2.05) is 0 Å². The summed E-state index contributed by atoms with van der Waals surface area (Å²) in [6.45, 7) is 0. The highest BCUT2D eigenvalue weighted by atomic mass is 35.5. The van der Waals surface area contributed by atoms with Gasteiger partial charge in [-0.1, -0.05) is 92.8 Å². The van der Waals surface area contributed by atoms with E-state index < -0.39 is 0 Å². The first-order valence-corrected chi connectivity index (χ1v) is 8.10. The van der Waals surface area contributed by atoms with Crippen molar-refractivity contribution < 1.29 is 4.74 Å². The normalized spacial score (nSPS) is 10.9. The molecule has 2 aromatic rings. The molecule has 112 valence electrons. The molecule has 0 aliphatic carbocycles. The maximum Gasteiger partial charge on any atom is 0.167 e.